The molecule has 1 fully saturated rings. The zero-order valence-electron chi connectivity index (χ0n) is 9.19. The van der Waals surface area contributed by atoms with Crippen LogP contribution in [0.2, 0.25) is 0 Å². The van der Waals surface area contributed by atoms with Crippen LogP contribution < -0.4 is 0 Å². The van der Waals surface area contributed by atoms with Gasteiger partial charge in [-0.3, -0.25) is 0 Å². The van der Waals surface area contributed by atoms with Gasteiger partial charge in [-0.05, 0) is 12.3 Å². The van der Waals surface area contributed by atoms with Crippen LogP contribution in [0, 0.1) is 5.41 Å². The lowest BCUT2D eigenvalue weighted by Gasteiger charge is -2.35. The minimum Gasteiger partial charge on any atom is -0.394 e. The van der Waals surface area contributed by atoms with Gasteiger partial charge in [-0.1, -0.05) is 20.8 Å². The molecule has 4 atom stereocenters. The van der Waals surface area contributed by atoms with Crippen molar-refractivity contribution in [1.82, 2.24) is 0 Å². The third-order valence-electron chi connectivity index (χ3n) is 2.76. The maximum atomic E-state index is 10.1. The van der Waals surface area contributed by atoms with Crippen molar-refractivity contribution >= 4 is 0 Å². The number of ether oxygens (including phenoxy) is 1. The van der Waals surface area contributed by atoms with E-state index < -0.39 is 23.9 Å². The van der Waals surface area contributed by atoms with Gasteiger partial charge in [0.05, 0.1) is 12.7 Å². The van der Waals surface area contributed by atoms with Crippen LogP contribution in [0.25, 0.3) is 0 Å². The highest BCUT2D eigenvalue weighted by atomic mass is 16.6. The summed E-state index contributed by atoms with van der Waals surface area (Å²) < 4.78 is 5.45. The van der Waals surface area contributed by atoms with E-state index in [1.54, 1.807) is 6.92 Å². The Morgan fingerprint density at radius 2 is 1.86 bits per heavy atom. The number of rotatable bonds is 1. The molecule has 0 unspecified atom stereocenters. The summed E-state index contributed by atoms with van der Waals surface area (Å²) in [5, 5.41) is 28.7. The van der Waals surface area contributed by atoms with E-state index in [-0.39, 0.29) is 12.0 Å². The second kappa shape index (κ2) is 3.45. The van der Waals surface area contributed by atoms with Gasteiger partial charge in [-0.2, -0.15) is 0 Å². The van der Waals surface area contributed by atoms with Gasteiger partial charge in [-0.25, -0.2) is 0 Å². The van der Waals surface area contributed by atoms with Crippen LogP contribution in [0.15, 0.2) is 0 Å². The predicted octanol–water partition coefficient (Wildman–Crippen LogP) is -0.0959. The van der Waals surface area contributed by atoms with Gasteiger partial charge in [0.1, 0.15) is 17.8 Å². The van der Waals surface area contributed by atoms with Crippen LogP contribution in [0.4, 0.5) is 0 Å². The smallest absolute Gasteiger partial charge is 0.117 e. The highest BCUT2D eigenvalue weighted by molar-refractivity contribution is 5.04. The summed E-state index contributed by atoms with van der Waals surface area (Å²) >= 11 is 0. The molecule has 14 heavy (non-hydrogen) atoms. The van der Waals surface area contributed by atoms with Gasteiger partial charge in [0, 0.05) is 0 Å². The highest BCUT2D eigenvalue weighted by Gasteiger charge is 2.55. The van der Waals surface area contributed by atoms with Gasteiger partial charge in [0.25, 0.3) is 0 Å². The molecule has 1 saturated heterocycles. The van der Waals surface area contributed by atoms with E-state index in [0.717, 1.165) is 0 Å². The van der Waals surface area contributed by atoms with E-state index >= 15 is 0 Å². The average molecular weight is 204 g/mol. The molecule has 0 spiro atoms. The first-order valence-electron chi connectivity index (χ1n) is 4.88. The molecule has 0 aromatic heterocycles. The van der Waals surface area contributed by atoms with Crippen molar-refractivity contribution in [3.05, 3.63) is 0 Å². The molecule has 84 valence electrons. The molecule has 1 heterocycles. The van der Waals surface area contributed by atoms with Gasteiger partial charge in [0.2, 0.25) is 0 Å². The highest BCUT2D eigenvalue weighted by Crippen LogP contribution is 2.40. The Morgan fingerprint density at radius 1 is 1.36 bits per heavy atom. The van der Waals surface area contributed by atoms with Crippen molar-refractivity contribution in [1.29, 1.82) is 0 Å². The fourth-order valence-corrected chi connectivity index (χ4v) is 2.14. The molecule has 0 aliphatic carbocycles. The fraction of sp³-hybridized carbons (Fsp3) is 1.00. The molecule has 0 aromatic rings. The van der Waals surface area contributed by atoms with Crippen molar-refractivity contribution in [2.45, 2.75) is 51.6 Å². The summed E-state index contributed by atoms with van der Waals surface area (Å²) in [6.07, 6.45) is -2.19. The van der Waals surface area contributed by atoms with E-state index in [4.69, 9.17) is 9.84 Å². The molecule has 1 aliphatic rings. The SMILES string of the molecule is CC(C)(C)[C@@H]1O[C@H](CO)[C@@H](O)[C@@]1(C)O. The van der Waals surface area contributed by atoms with Crippen molar-refractivity contribution in [3.63, 3.8) is 0 Å². The molecule has 4 heteroatoms. The normalized spacial score (nSPS) is 44.4. The maximum Gasteiger partial charge on any atom is 0.117 e. The quantitative estimate of drug-likeness (QED) is 0.558. The number of aliphatic hydroxyl groups excluding tert-OH is 2. The van der Waals surface area contributed by atoms with E-state index in [1.807, 2.05) is 20.8 Å². The summed E-state index contributed by atoms with van der Waals surface area (Å²) in [4.78, 5) is 0. The largest absolute Gasteiger partial charge is 0.394 e. The van der Waals surface area contributed by atoms with Crippen molar-refractivity contribution in [3.8, 4) is 0 Å². The van der Waals surface area contributed by atoms with E-state index in [1.165, 1.54) is 0 Å². The third kappa shape index (κ3) is 1.80. The lowest BCUT2D eigenvalue weighted by atomic mass is 9.78. The summed E-state index contributed by atoms with van der Waals surface area (Å²) in [6.45, 7) is 7.06. The Balaban J connectivity index is 2.91. The Morgan fingerprint density at radius 3 is 2.07 bits per heavy atom. The average Bonchev–Trinajstić information content (AvgIpc) is 2.23. The molecule has 3 N–H and O–H groups in total. The third-order valence-corrected chi connectivity index (χ3v) is 2.76. The van der Waals surface area contributed by atoms with Crippen molar-refractivity contribution < 1.29 is 20.1 Å². The molecule has 0 amide bonds. The zero-order valence-corrected chi connectivity index (χ0v) is 9.19. The van der Waals surface area contributed by atoms with Crippen LogP contribution in [0.1, 0.15) is 27.7 Å². The number of aliphatic hydroxyl groups is 3. The second-order valence-corrected chi connectivity index (χ2v) is 5.27. The first kappa shape index (κ1) is 11.9. The molecule has 1 aliphatic heterocycles. The number of hydrogen-bond acceptors (Lipinski definition) is 4. The first-order valence-corrected chi connectivity index (χ1v) is 4.88. The van der Waals surface area contributed by atoms with Crippen LogP contribution in [-0.4, -0.2) is 45.8 Å². The van der Waals surface area contributed by atoms with Crippen LogP contribution >= 0.6 is 0 Å². The standard InChI is InChI=1S/C10H20O4/c1-9(2,3)8-10(4,13)7(12)6(5-11)14-8/h6-8,11-13H,5H2,1-4H3/t6-,7-,8+,10-/m1/s1. The van der Waals surface area contributed by atoms with E-state index in [0.29, 0.717) is 0 Å². The van der Waals surface area contributed by atoms with Crippen molar-refractivity contribution in [2.75, 3.05) is 6.61 Å². The minimum atomic E-state index is -1.30. The van der Waals surface area contributed by atoms with Gasteiger partial charge in [0.15, 0.2) is 0 Å². The lowest BCUT2D eigenvalue weighted by Crippen LogP contribution is -2.50. The van der Waals surface area contributed by atoms with Crippen LogP contribution in [0.5, 0.6) is 0 Å². The summed E-state index contributed by atoms with van der Waals surface area (Å²) in [7, 11) is 0. The Labute approximate surface area is 84.5 Å². The van der Waals surface area contributed by atoms with Crippen LogP contribution in [0.3, 0.4) is 0 Å². The second-order valence-electron chi connectivity index (χ2n) is 5.27. The van der Waals surface area contributed by atoms with E-state index in [2.05, 4.69) is 0 Å². The van der Waals surface area contributed by atoms with Gasteiger partial charge in [-0.15, -0.1) is 0 Å². The summed E-state index contributed by atoms with van der Waals surface area (Å²) in [6, 6.07) is 0. The first-order chi connectivity index (χ1) is 6.21. The van der Waals surface area contributed by atoms with Gasteiger partial charge >= 0.3 is 0 Å². The molecule has 1 rings (SSSR count). The predicted molar refractivity (Wildman–Crippen MR) is 51.8 cm³/mol. The molecule has 0 radical (unpaired) electrons. The molecular weight excluding hydrogens is 184 g/mol. The monoisotopic (exact) mass is 204 g/mol. The number of hydrogen-bond donors (Lipinski definition) is 3. The molecule has 4 nitrogen and oxygen atoms in total. The Hall–Kier alpha value is -0.160. The topological polar surface area (TPSA) is 69.9 Å². The Kier molecular flexibility index (Phi) is 2.94. The lowest BCUT2D eigenvalue weighted by molar-refractivity contribution is -0.104. The summed E-state index contributed by atoms with van der Waals surface area (Å²) in [5.74, 6) is 0. The van der Waals surface area contributed by atoms with Crippen molar-refractivity contribution in [2.24, 2.45) is 5.41 Å². The molecular formula is C10H20O4. The Bertz CT molecular complexity index is 207. The molecule has 0 saturated carbocycles. The zero-order chi connectivity index (χ0) is 11.1. The molecule has 0 aromatic carbocycles. The summed E-state index contributed by atoms with van der Waals surface area (Å²) in [5.41, 5.74) is -1.57. The minimum absolute atomic E-state index is 0.269. The maximum absolute atomic E-state index is 10.1. The molecule has 0 bridgehead atoms. The van der Waals surface area contributed by atoms with Gasteiger partial charge < -0.3 is 20.1 Å². The van der Waals surface area contributed by atoms with E-state index in [9.17, 15) is 10.2 Å². The van der Waals surface area contributed by atoms with Crippen LogP contribution in [-0.2, 0) is 4.74 Å². The fourth-order valence-electron chi connectivity index (χ4n) is 2.14.